The molecule has 2 saturated heterocycles. The molecule has 0 spiro atoms. The van der Waals surface area contributed by atoms with Gasteiger partial charge in [-0.25, -0.2) is 0 Å². The van der Waals surface area contributed by atoms with Crippen LogP contribution in [0.2, 0.25) is 0 Å². The van der Waals surface area contributed by atoms with Crippen molar-refractivity contribution in [2.45, 2.75) is 141 Å². The van der Waals surface area contributed by atoms with Gasteiger partial charge in [0.2, 0.25) is 17.7 Å². The summed E-state index contributed by atoms with van der Waals surface area (Å²) >= 11 is 0. The molecule has 3 amide bonds. The number of hydrogen-bond acceptors (Lipinski definition) is 8. The first-order valence-corrected chi connectivity index (χ1v) is 20.6. The third-order valence-corrected chi connectivity index (χ3v) is 11.3. The van der Waals surface area contributed by atoms with Crippen LogP contribution in [0, 0.1) is 5.92 Å². The van der Waals surface area contributed by atoms with Crippen LogP contribution in [0.4, 0.5) is 17.1 Å². The van der Waals surface area contributed by atoms with Gasteiger partial charge in [-0.2, -0.15) is 0 Å². The fraction of sp³-hybridized carbons (Fsp3) is 0.533. The first kappa shape index (κ1) is 41.3. The summed E-state index contributed by atoms with van der Waals surface area (Å²) in [6.45, 7) is 6.68. The van der Waals surface area contributed by atoms with Gasteiger partial charge in [0.05, 0.1) is 36.2 Å². The number of benzene rings is 3. The highest BCUT2D eigenvalue weighted by Gasteiger charge is 2.44. The molecule has 2 heterocycles. The largest absolute Gasteiger partial charge is 0.397 e. The van der Waals surface area contributed by atoms with Gasteiger partial charge in [0.15, 0.2) is 6.29 Å². The highest BCUT2D eigenvalue weighted by Crippen LogP contribution is 2.42. The van der Waals surface area contributed by atoms with Crippen molar-refractivity contribution in [2.24, 2.45) is 5.92 Å². The van der Waals surface area contributed by atoms with E-state index in [-0.39, 0.29) is 48.1 Å². The van der Waals surface area contributed by atoms with Crippen LogP contribution < -0.4 is 21.7 Å². The van der Waals surface area contributed by atoms with Gasteiger partial charge in [0, 0.05) is 48.6 Å². The number of nitrogens with zero attached hydrogens (tertiary/aromatic N) is 1. The lowest BCUT2D eigenvalue weighted by Gasteiger charge is -2.50. The van der Waals surface area contributed by atoms with Crippen molar-refractivity contribution in [3.05, 3.63) is 89.5 Å². The monoisotopic (exact) mass is 767 g/mol. The van der Waals surface area contributed by atoms with Crippen LogP contribution in [0.1, 0.15) is 127 Å². The van der Waals surface area contributed by atoms with Crippen molar-refractivity contribution in [3.8, 4) is 0 Å². The molecule has 1 aliphatic carbocycles. The second-order valence-corrected chi connectivity index (χ2v) is 16.9. The van der Waals surface area contributed by atoms with E-state index in [0.29, 0.717) is 67.7 Å². The molecule has 2 aliphatic heterocycles. The summed E-state index contributed by atoms with van der Waals surface area (Å²) in [7, 11) is 0. The second-order valence-electron chi connectivity index (χ2n) is 16.9. The highest BCUT2D eigenvalue weighted by atomic mass is 16.7. The van der Waals surface area contributed by atoms with Crippen LogP contribution in [-0.2, 0) is 30.5 Å². The number of piperidine rings is 1. The van der Waals surface area contributed by atoms with Crippen LogP contribution >= 0.6 is 0 Å². The minimum absolute atomic E-state index is 0.0317. The molecule has 3 aromatic carbocycles. The summed E-state index contributed by atoms with van der Waals surface area (Å²) < 4.78 is 13.5. The number of unbranched alkanes of at least 4 members (excludes halogenated alkanes) is 2. The molecule has 3 aromatic rings. The zero-order valence-corrected chi connectivity index (χ0v) is 33.3. The summed E-state index contributed by atoms with van der Waals surface area (Å²) in [6, 6.07) is 22.8. The third kappa shape index (κ3) is 11.4. The Labute approximate surface area is 332 Å². The number of anilines is 3. The SMILES string of the molecule is CC(C)(C)NC(=O)C1CCC2CCCCC2N1CC1CC(c2ccc(CO)cc2)OC(c2cccc(NC(=O)CCCCCC(=O)Nc3ccccc3N)c2)O1. The third-order valence-electron chi connectivity index (χ3n) is 11.3. The Kier molecular flexibility index (Phi) is 14.2. The number of nitrogens with two attached hydrogens (primary N) is 1. The molecule has 6 atom stereocenters. The summed E-state index contributed by atoms with van der Waals surface area (Å²) in [5.74, 6) is 0.478. The number of aliphatic hydroxyl groups excluding tert-OH is 1. The van der Waals surface area contributed by atoms with E-state index in [4.69, 9.17) is 15.2 Å². The average molecular weight is 768 g/mol. The van der Waals surface area contributed by atoms with E-state index in [1.54, 1.807) is 12.1 Å². The maximum Gasteiger partial charge on any atom is 0.237 e. The minimum Gasteiger partial charge on any atom is -0.397 e. The molecule has 6 N–H and O–H groups in total. The lowest BCUT2D eigenvalue weighted by molar-refractivity contribution is -0.255. The molecular formula is C45H61N5O6. The van der Waals surface area contributed by atoms with E-state index in [9.17, 15) is 19.5 Å². The van der Waals surface area contributed by atoms with Gasteiger partial charge < -0.3 is 36.3 Å². The first-order chi connectivity index (χ1) is 27.0. The van der Waals surface area contributed by atoms with Gasteiger partial charge in [0.1, 0.15) is 0 Å². The van der Waals surface area contributed by atoms with Crippen molar-refractivity contribution in [2.75, 3.05) is 22.9 Å². The summed E-state index contributed by atoms with van der Waals surface area (Å²) in [5.41, 5.74) is 10.0. The van der Waals surface area contributed by atoms with Crippen molar-refractivity contribution < 1.29 is 29.0 Å². The summed E-state index contributed by atoms with van der Waals surface area (Å²) in [5, 5.41) is 18.8. The Morgan fingerprint density at radius 3 is 2.29 bits per heavy atom. The Morgan fingerprint density at radius 1 is 0.821 bits per heavy atom. The smallest absolute Gasteiger partial charge is 0.237 e. The van der Waals surface area contributed by atoms with Gasteiger partial charge in [-0.3, -0.25) is 19.3 Å². The number of likely N-dealkylation sites (tertiary alicyclic amines) is 1. The first-order valence-electron chi connectivity index (χ1n) is 20.6. The lowest BCUT2D eigenvalue weighted by atomic mass is 9.75. The second kappa shape index (κ2) is 19.2. The molecule has 3 aliphatic rings. The molecule has 0 aromatic heterocycles. The molecule has 6 unspecified atom stereocenters. The minimum atomic E-state index is -0.695. The Morgan fingerprint density at radius 2 is 1.55 bits per heavy atom. The van der Waals surface area contributed by atoms with Crippen LogP contribution in [0.3, 0.4) is 0 Å². The number of amides is 3. The normalized spacial score (nSPS) is 24.1. The number of aliphatic hydroxyl groups is 1. The van der Waals surface area contributed by atoms with E-state index >= 15 is 0 Å². The quantitative estimate of drug-likeness (QED) is 0.0824. The summed E-state index contributed by atoms with van der Waals surface area (Å²) in [6.07, 6.45) is 8.81. The lowest BCUT2D eigenvalue weighted by Crippen LogP contribution is -2.61. The highest BCUT2D eigenvalue weighted by molar-refractivity contribution is 5.93. The number of nitrogen functional groups attached to an aromatic ring is 1. The van der Waals surface area contributed by atoms with E-state index in [1.165, 1.54) is 19.3 Å². The van der Waals surface area contributed by atoms with Gasteiger partial charge in [0.25, 0.3) is 0 Å². The van der Waals surface area contributed by atoms with Crippen LogP contribution in [-0.4, -0.2) is 58.0 Å². The fourth-order valence-corrected chi connectivity index (χ4v) is 8.55. The van der Waals surface area contributed by atoms with Crippen molar-refractivity contribution in [1.29, 1.82) is 0 Å². The molecule has 302 valence electrons. The van der Waals surface area contributed by atoms with Gasteiger partial charge in [-0.15, -0.1) is 0 Å². The molecule has 56 heavy (non-hydrogen) atoms. The number of carbonyl (C=O) groups excluding carboxylic acids is 3. The van der Waals surface area contributed by atoms with E-state index in [2.05, 4.69) is 20.9 Å². The van der Waals surface area contributed by atoms with E-state index in [0.717, 1.165) is 42.4 Å². The number of ether oxygens (including phenoxy) is 2. The van der Waals surface area contributed by atoms with E-state index in [1.807, 2.05) is 81.4 Å². The number of rotatable bonds is 14. The zero-order valence-electron chi connectivity index (χ0n) is 33.3. The standard InChI is InChI=1S/C45H61N5O6/c1-45(2,3)49-43(54)39-25-24-31-12-7-10-17-38(31)50(39)28-35-27-40(32-22-20-30(29-51)21-23-32)56-44(55-35)33-13-11-14-34(26-33)47-41(52)18-5-4-6-19-42(53)48-37-16-9-8-15-36(37)46/h8-9,11,13-16,20-23,26,31,35,38-40,44,51H,4-7,10,12,17-19,24-25,27-29,46H2,1-3H3,(H,47,52)(H,48,53)(H,49,54). The molecule has 3 fully saturated rings. The average Bonchev–Trinajstić information content (AvgIpc) is 3.18. The Bertz CT molecular complexity index is 1780. The predicted molar refractivity (Wildman–Crippen MR) is 219 cm³/mol. The molecule has 0 bridgehead atoms. The number of carbonyl (C=O) groups is 3. The van der Waals surface area contributed by atoms with Crippen LogP contribution in [0.15, 0.2) is 72.8 Å². The predicted octanol–water partition coefficient (Wildman–Crippen LogP) is 7.77. The Hall–Kier alpha value is -4.29. The van der Waals surface area contributed by atoms with Crippen LogP contribution in [0.25, 0.3) is 0 Å². The van der Waals surface area contributed by atoms with Gasteiger partial charge in [-0.1, -0.05) is 67.8 Å². The van der Waals surface area contributed by atoms with Crippen molar-refractivity contribution >= 4 is 34.8 Å². The zero-order chi connectivity index (χ0) is 39.7. The van der Waals surface area contributed by atoms with Crippen LogP contribution in [0.5, 0.6) is 0 Å². The fourth-order valence-electron chi connectivity index (χ4n) is 8.55. The maximum atomic E-state index is 13.8. The number of para-hydroxylation sites is 2. The molecule has 0 radical (unpaired) electrons. The van der Waals surface area contributed by atoms with Crippen molar-refractivity contribution in [3.63, 3.8) is 0 Å². The summed E-state index contributed by atoms with van der Waals surface area (Å²) in [4.78, 5) is 41.6. The molecule has 11 heteroatoms. The number of nitrogens with one attached hydrogen (secondary N) is 3. The van der Waals surface area contributed by atoms with E-state index < -0.39 is 6.29 Å². The maximum absolute atomic E-state index is 13.8. The molecule has 6 rings (SSSR count). The van der Waals surface area contributed by atoms with Crippen molar-refractivity contribution in [1.82, 2.24) is 10.2 Å². The topological polar surface area (TPSA) is 155 Å². The Balaban J connectivity index is 1.11. The number of fused-ring (bicyclic) bond motifs is 1. The number of hydrogen-bond donors (Lipinski definition) is 5. The van der Waals surface area contributed by atoms with Gasteiger partial charge in [-0.05, 0) is 101 Å². The molecule has 11 nitrogen and oxygen atoms in total. The molecular weight excluding hydrogens is 707 g/mol. The van der Waals surface area contributed by atoms with Gasteiger partial charge >= 0.3 is 0 Å². The molecule has 1 saturated carbocycles.